The van der Waals surface area contributed by atoms with Gasteiger partial charge in [-0.1, -0.05) is 257 Å². The quantitative estimate of drug-likeness (QED) is 0.0441. The Morgan fingerprint density at radius 3 is 1.05 bits per heavy atom. The van der Waals surface area contributed by atoms with Crippen molar-refractivity contribution in [2.45, 2.75) is 115 Å². The fourth-order valence-electron chi connectivity index (χ4n) is 13.9. The lowest BCUT2D eigenvalue weighted by atomic mass is 10.0. The normalized spacial score (nSPS) is 13.2. The van der Waals surface area contributed by atoms with E-state index in [-0.39, 0.29) is 45.9 Å². The third kappa shape index (κ3) is 26.1. The number of amides is 1. The predicted molar refractivity (Wildman–Crippen MR) is 534 cm³/mol. The average Bonchev–Trinajstić information content (AvgIpc) is 0.782. The van der Waals surface area contributed by atoms with E-state index in [0.717, 1.165) is 56.0 Å². The zero-order valence-electron chi connectivity index (χ0n) is 71.5. The van der Waals surface area contributed by atoms with Gasteiger partial charge in [-0.15, -0.1) is 0 Å². The Labute approximate surface area is 777 Å². The SMILES string of the molecule is C=S(=O)(c1ccc(C)cc1)c1ccccc1C(=O)Cc1ccc(Cl)cc1F.C=S(=O)(c1ccc(C)cc1)c1ccccc1CCc1ccc(Cl)cc1F.C=S(=O)(c1ccc(C)cc1)c1ccccc1NC(=O)c1cccc(OC)c1.C=S(=O)(c1ccc(Cl)cc1)c1ccccc1CCc1ccc(Cl)cc1F.C=S(=O)(c1ccccc1)c1ccccc1CCc1ccccc1. The third-order valence-electron chi connectivity index (χ3n) is 21.1. The molecule has 0 bridgehead atoms. The van der Waals surface area contributed by atoms with Crippen LogP contribution in [0, 0.1) is 38.2 Å². The molecule has 660 valence electrons. The second kappa shape index (κ2) is 45.0. The standard InChI is InChI=1S/C22H18ClFO2S.C22H20ClFOS.C22H21NO3S.C21H17Cl2FOS.C21H20OS/c1-15-7-11-18(12-8-15)27(2,26)22-6-4-3-5-19(22)21(25)13-16-9-10-17(23)14-20(16)24;1-16-7-13-20(14-8-16)26(2,25)22-6-4-3-5-18(22)10-9-17-11-12-19(23)15-21(17)24;1-16-11-13-19(14-12-16)27(3,25)21-10-5-4-9-20(21)23-22(24)17-7-6-8-18(15-17)26-2;1-26(25,19-12-10-17(22)11-13-19)21-5-3-2-4-16(21)7-6-15-8-9-18(23)14-20(15)24;1-23(22,20-13-6-3-7-14-20)21-15-9-8-12-19(21)17-16-18-10-4-2-5-11-18/h3-12,14H,2,13H2,1H3;3-8,11-15H,2,9-10H2,1H3;4-15H,3H2,1-2H3,(H,23,24);2-5,8-14H,1,6-7H2;2-15H,1,16-17H2. The summed E-state index contributed by atoms with van der Waals surface area (Å²) in [6.07, 6.45) is 3.76. The number of ketones is 1. The first-order chi connectivity index (χ1) is 61.6. The molecule has 5 atom stereocenters. The van der Waals surface area contributed by atoms with E-state index >= 15 is 0 Å². The highest BCUT2D eigenvalue weighted by molar-refractivity contribution is 8.01. The molecule has 15 rings (SSSR count). The van der Waals surface area contributed by atoms with Gasteiger partial charge in [0.2, 0.25) is 0 Å². The Morgan fingerprint density at radius 1 is 0.310 bits per heavy atom. The molecule has 1 amide bonds. The Hall–Kier alpha value is -11.7. The molecule has 21 heteroatoms. The number of para-hydroxylation sites is 1. The van der Waals surface area contributed by atoms with Crippen LogP contribution >= 0.6 is 46.4 Å². The van der Waals surface area contributed by atoms with Gasteiger partial charge in [-0.2, -0.15) is 0 Å². The molecule has 0 aliphatic heterocycles. The lowest BCUT2D eigenvalue weighted by molar-refractivity contribution is 0.0987. The zero-order chi connectivity index (χ0) is 92.6. The zero-order valence-corrected chi connectivity index (χ0v) is 78.6. The maximum atomic E-state index is 14.1. The fourth-order valence-corrected chi connectivity index (χ4v) is 23.0. The smallest absolute Gasteiger partial charge is 0.255 e. The number of Topliss-reactive ketones (excluding diaryl/α,β-unsaturated/α-hetero) is 1. The molecule has 15 aromatic rings. The summed E-state index contributed by atoms with van der Waals surface area (Å²) in [5.41, 5.74) is 10.1. The molecule has 0 aliphatic rings. The summed E-state index contributed by atoms with van der Waals surface area (Å²) in [6.45, 7) is 5.90. The highest BCUT2D eigenvalue weighted by Gasteiger charge is 2.24. The van der Waals surface area contributed by atoms with E-state index in [2.05, 4.69) is 65.0 Å². The largest absolute Gasteiger partial charge is 0.497 e. The summed E-state index contributed by atoms with van der Waals surface area (Å²) >= 11 is 23.3. The number of hydrogen-bond acceptors (Lipinski definition) is 8. The number of nitrogens with one attached hydrogen (secondary N) is 1. The molecule has 0 spiro atoms. The average molecular weight is 1900 g/mol. The number of carbonyl (C=O) groups is 2. The van der Waals surface area contributed by atoms with Gasteiger partial charge in [-0.05, 0) is 291 Å². The molecule has 129 heavy (non-hydrogen) atoms. The number of rotatable bonds is 25. The number of halogens is 7. The van der Waals surface area contributed by atoms with Crippen molar-refractivity contribution >= 4 is 141 Å². The van der Waals surface area contributed by atoms with Crippen LogP contribution in [0.5, 0.6) is 5.75 Å². The van der Waals surface area contributed by atoms with Gasteiger partial charge in [0.25, 0.3) is 5.91 Å². The van der Waals surface area contributed by atoms with Crippen LogP contribution < -0.4 is 10.1 Å². The topological polar surface area (TPSA) is 141 Å². The van der Waals surface area contributed by atoms with Gasteiger partial charge in [-0.25, -0.2) is 13.2 Å². The number of methoxy groups -OCH3 is 1. The monoisotopic (exact) mass is 1890 g/mol. The van der Waals surface area contributed by atoms with Crippen LogP contribution in [0.25, 0.3) is 0 Å². The summed E-state index contributed by atoms with van der Waals surface area (Å²) in [6, 6.07) is 106. The molecule has 15 aromatic carbocycles. The molecule has 1 N–H and O–H groups in total. The molecule has 0 aliphatic carbocycles. The van der Waals surface area contributed by atoms with Crippen molar-refractivity contribution in [1.29, 1.82) is 0 Å². The van der Waals surface area contributed by atoms with E-state index in [1.807, 2.05) is 185 Å². The van der Waals surface area contributed by atoms with Gasteiger partial charge < -0.3 is 10.1 Å². The highest BCUT2D eigenvalue weighted by Crippen LogP contribution is 2.34. The maximum Gasteiger partial charge on any atom is 0.255 e. The highest BCUT2D eigenvalue weighted by atomic mass is 35.5. The Balaban J connectivity index is 0.000000156. The number of benzene rings is 15. The van der Waals surface area contributed by atoms with Gasteiger partial charge in [-0.3, -0.25) is 30.6 Å². The van der Waals surface area contributed by atoms with E-state index in [1.54, 1.807) is 141 Å². The van der Waals surface area contributed by atoms with Crippen LogP contribution in [0.4, 0.5) is 18.9 Å². The lowest BCUT2D eigenvalue weighted by Crippen LogP contribution is -2.15. The number of anilines is 1. The Kier molecular flexibility index (Phi) is 34.2. The van der Waals surface area contributed by atoms with Crippen molar-refractivity contribution in [3.63, 3.8) is 0 Å². The molecule has 0 radical (unpaired) electrons. The second-order valence-electron chi connectivity index (χ2n) is 30.4. The number of ether oxygens (including phenoxy) is 1. The summed E-state index contributed by atoms with van der Waals surface area (Å²) in [4.78, 5) is 31.9. The summed E-state index contributed by atoms with van der Waals surface area (Å²) < 4.78 is 114. The van der Waals surface area contributed by atoms with E-state index in [0.29, 0.717) is 108 Å². The molecular formula is C108H96Cl4F3NO8S5. The summed E-state index contributed by atoms with van der Waals surface area (Å²) in [7, 11) is -11.9. The molecule has 0 heterocycles. The minimum atomic E-state index is -2.88. The van der Waals surface area contributed by atoms with Gasteiger partial charge in [0.15, 0.2) is 5.78 Å². The molecule has 9 nitrogen and oxygen atoms in total. The summed E-state index contributed by atoms with van der Waals surface area (Å²) in [5, 5.41) is 4.45. The van der Waals surface area contributed by atoms with E-state index in [4.69, 9.17) is 51.1 Å². The van der Waals surface area contributed by atoms with Crippen molar-refractivity contribution in [2.24, 2.45) is 0 Å². The van der Waals surface area contributed by atoms with Crippen molar-refractivity contribution in [2.75, 3.05) is 12.4 Å². The number of hydrogen-bond donors (Lipinski definition) is 1. The molecular weight excluding hydrogens is 1800 g/mol. The number of carbonyl (C=O) groups excluding carboxylic acids is 2. The lowest BCUT2D eigenvalue weighted by Gasteiger charge is -2.16. The first-order valence-electron chi connectivity index (χ1n) is 40.8. The second-order valence-corrected chi connectivity index (χ2v) is 43.4. The molecule has 0 saturated heterocycles. The third-order valence-corrected chi connectivity index (χ3v) is 32.7. The van der Waals surface area contributed by atoms with Crippen LogP contribution in [0.15, 0.2) is 407 Å². The van der Waals surface area contributed by atoms with Crippen molar-refractivity contribution < 1.29 is 48.5 Å². The van der Waals surface area contributed by atoms with Crippen LogP contribution in [0.1, 0.15) is 76.4 Å². The van der Waals surface area contributed by atoms with Gasteiger partial charge in [0.05, 0.1) is 17.7 Å². The minimum Gasteiger partial charge on any atom is -0.497 e. The Bertz CT molecular complexity index is 6900. The number of aryl methyl sites for hydroxylation is 9. The molecule has 0 saturated carbocycles. The van der Waals surface area contributed by atoms with E-state index in [9.17, 15) is 43.8 Å². The molecule has 5 unspecified atom stereocenters. The minimum absolute atomic E-state index is 0.149. The predicted octanol–water partition coefficient (Wildman–Crippen LogP) is 26.1. The van der Waals surface area contributed by atoms with Gasteiger partial charge in [0.1, 0.15) is 23.2 Å². The van der Waals surface area contributed by atoms with E-state index in [1.165, 1.54) is 35.9 Å². The molecule has 0 aromatic heterocycles. The van der Waals surface area contributed by atoms with Crippen molar-refractivity contribution in [3.05, 3.63) is 462 Å². The fraction of sp³-hybridized carbons (Fsp3) is 0.102. The first kappa shape index (κ1) is 97.9. The van der Waals surface area contributed by atoms with Gasteiger partial charge in [0, 0.05) is 129 Å². The van der Waals surface area contributed by atoms with Crippen LogP contribution in [-0.4, -0.2) is 69.2 Å². The maximum absolute atomic E-state index is 14.1. The summed E-state index contributed by atoms with van der Waals surface area (Å²) in [5.74, 6) is 18.7. The van der Waals surface area contributed by atoms with E-state index < -0.39 is 53.4 Å². The van der Waals surface area contributed by atoms with Crippen molar-refractivity contribution in [1.82, 2.24) is 0 Å². The Morgan fingerprint density at radius 2 is 0.628 bits per heavy atom. The van der Waals surface area contributed by atoms with Crippen LogP contribution in [0.3, 0.4) is 0 Å². The van der Waals surface area contributed by atoms with Crippen molar-refractivity contribution in [3.8, 4) is 5.75 Å². The molecule has 0 fully saturated rings. The van der Waals surface area contributed by atoms with Gasteiger partial charge >= 0.3 is 0 Å². The first-order valence-corrected chi connectivity index (χ1v) is 50.9. The van der Waals surface area contributed by atoms with Crippen LogP contribution in [0.2, 0.25) is 20.1 Å². The van der Waals surface area contributed by atoms with Crippen LogP contribution in [-0.2, 0) is 92.6 Å².